The molecule has 0 aromatic heterocycles. The van der Waals surface area contributed by atoms with Crippen LogP contribution in [0.4, 0.5) is 0 Å². The molecule has 0 spiro atoms. The molecule has 0 heterocycles. The van der Waals surface area contributed by atoms with Crippen molar-refractivity contribution in [1.29, 1.82) is 0 Å². The summed E-state index contributed by atoms with van der Waals surface area (Å²) >= 11 is 0. The highest BCUT2D eigenvalue weighted by Gasteiger charge is 2.18. The van der Waals surface area contributed by atoms with E-state index in [0.29, 0.717) is 24.5 Å². The molecule has 1 fully saturated rings. The molecule has 0 N–H and O–H groups in total. The highest BCUT2D eigenvalue weighted by Crippen LogP contribution is 2.24. The fraction of sp³-hybridized carbons (Fsp3) is 0.818. The van der Waals surface area contributed by atoms with Gasteiger partial charge < -0.3 is 4.74 Å². The van der Waals surface area contributed by atoms with Gasteiger partial charge in [-0.1, -0.05) is 6.42 Å². The number of hydrogen-bond donors (Lipinski definition) is 0. The molecule has 1 aliphatic carbocycles. The zero-order valence-corrected chi connectivity index (χ0v) is 8.75. The monoisotopic (exact) mass is 198 g/mol. The van der Waals surface area contributed by atoms with Crippen LogP contribution in [0.2, 0.25) is 0 Å². The summed E-state index contributed by atoms with van der Waals surface area (Å²) in [5, 5.41) is 0. The first-order valence-electron chi connectivity index (χ1n) is 5.31. The maximum absolute atomic E-state index is 11.3. The summed E-state index contributed by atoms with van der Waals surface area (Å²) in [6.45, 7) is 0. The third kappa shape index (κ3) is 3.90. The van der Waals surface area contributed by atoms with Gasteiger partial charge >= 0.3 is 5.97 Å². The number of rotatable bonds is 3. The lowest BCUT2D eigenvalue weighted by molar-refractivity contribution is -0.141. The smallest absolute Gasteiger partial charge is 0.305 e. The van der Waals surface area contributed by atoms with Gasteiger partial charge in [-0.25, -0.2) is 0 Å². The Hall–Kier alpha value is -0.860. The van der Waals surface area contributed by atoms with Crippen molar-refractivity contribution in [3.8, 4) is 0 Å². The van der Waals surface area contributed by atoms with Crippen molar-refractivity contribution in [3.63, 3.8) is 0 Å². The van der Waals surface area contributed by atoms with Crippen LogP contribution in [0.25, 0.3) is 0 Å². The minimum absolute atomic E-state index is 0.165. The van der Waals surface area contributed by atoms with E-state index in [2.05, 4.69) is 4.74 Å². The lowest BCUT2D eigenvalue weighted by atomic mass is 9.95. The Kier molecular flexibility index (Phi) is 4.63. The molecule has 14 heavy (non-hydrogen) atoms. The number of methoxy groups -OCH3 is 1. The first-order valence-corrected chi connectivity index (χ1v) is 5.31. The SMILES string of the molecule is COC(=O)CCC1CCCCC(=O)C1. The van der Waals surface area contributed by atoms with Gasteiger partial charge in [-0.3, -0.25) is 9.59 Å². The van der Waals surface area contributed by atoms with E-state index in [9.17, 15) is 9.59 Å². The molecule has 0 saturated heterocycles. The first-order chi connectivity index (χ1) is 6.72. The first kappa shape index (κ1) is 11.2. The van der Waals surface area contributed by atoms with E-state index in [1.54, 1.807) is 0 Å². The molecular weight excluding hydrogens is 180 g/mol. The second kappa shape index (κ2) is 5.78. The summed E-state index contributed by atoms with van der Waals surface area (Å²) in [6, 6.07) is 0. The van der Waals surface area contributed by atoms with Crippen LogP contribution >= 0.6 is 0 Å². The van der Waals surface area contributed by atoms with E-state index in [0.717, 1.165) is 32.1 Å². The van der Waals surface area contributed by atoms with Crippen molar-refractivity contribution in [1.82, 2.24) is 0 Å². The lowest BCUT2D eigenvalue weighted by Gasteiger charge is -2.11. The predicted octanol–water partition coefficient (Wildman–Crippen LogP) is 2.09. The second-order valence-electron chi connectivity index (χ2n) is 3.97. The Morgan fingerprint density at radius 3 is 3.00 bits per heavy atom. The van der Waals surface area contributed by atoms with Gasteiger partial charge in [-0.05, 0) is 25.2 Å². The molecule has 3 heteroatoms. The molecule has 0 aromatic rings. The molecule has 1 rings (SSSR count). The fourth-order valence-corrected chi connectivity index (χ4v) is 1.95. The van der Waals surface area contributed by atoms with Crippen molar-refractivity contribution in [3.05, 3.63) is 0 Å². The van der Waals surface area contributed by atoms with Crippen LogP contribution in [0.5, 0.6) is 0 Å². The highest BCUT2D eigenvalue weighted by atomic mass is 16.5. The molecule has 0 amide bonds. The van der Waals surface area contributed by atoms with Gasteiger partial charge in [-0.2, -0.15) is 0 Å². The molecular formula is C11H18O3. The van der Waals surface area contributed by atoms with Crippen LogP contribution in [0, 0.1) is 5.92 Å². The standard InChI is InChI=1S/C11H18O3/c1-14-11(13)7-6-9-4-2-3-5-10(12)8-9/h9H,2-8H2,1H3. The maximum Gasteiger partial charge on any atom is 0.305 e. The van der Waals surface area contributed by atoms with Gasteiger partial charge in [0.15, 0.2) is 0 Å². The molecule has 1 unspecified atom stereocenters. The number of hydrogen-bond acceptors (Lipinski definition) is 3. The molecule has 1 atom stereocenters. The van der Waals surface area contributed by atoms with E-state index in [-0.39, 0.29) is 5.97 Å². The zero-order chi connectivity index (χ0) is 10.4. The Morgan fingerprint density at radius 2 is 2.29 bits per heavy atom. The Balaban J connectivity index is 2.28. The molecule has 1 aliphatic rings. The van der Waals surface area contributed by atoms with E-state index >= 15 is 0 Å². The molecule has 0 aromatic carbocycles. The maximum atomic E-state index is 11.3. The fourth-order valence-electron chi connectivity index (χ4n) is 1.95. The molecule has 3 nitrogen and oxygen atoms in total. The number of esters is 1. The van der Waals surface area contributed by atoms with Crippen LogP contribution < -0.4 is 0 Å². The van der Waals surface area contributed by atoms with E-state index < -0.39 is 0 Å². The van der Waals surface area contributed by atoms with E-state index in [1.165, 1.54) is 7.11 Å². The number of Topliss-reactive ketones (excluding diaryl/α,β-unsaturated/α-hetero) is 1. The number of ketones is 1. The molecule has 1 saturated carbocycles. The van der Waals surface area contributed by atoms with Crippen molar-refractivity contribution < 1.29 is 14.3 Å². The predicted molar refractivity (Wildman–Crippen MR) is 52.8 cm³/mol. The molecule has 0 bridgehead atoms. The largest absolute Gasteiger partial charge is 0.469 e. The van der Waals surface area contributed by atoms with Gasteiger partial charge in [-0.15, -0.1) is 0 Å². The van der Waals surface area contributed by atoms with Gasteiger partial charge in [0.05, 0.1) is 7.11 Å². The number of ether oxygens (including phenoxy) is 1. The minimum Gasteiger partial charge on any atom is -0.469 e. The van der Waals surface area contributed by atoms with Crippen molar-refractivity contribution >= 4 is 11.8 Å². The number of carbonyl (C=O) groups excluding carboxylic acids is 2. The van der Waals surface area contributed by atoms with Crippen molar-refractivity contribution in [2.45, 2.75) is 44.9 Å². The summed E-state index contributed by atoms with van der Waals surface area (Å²) in [4.78, 5) is 22.2. The van der Waals surface area contributed by atoms with E-state index in [1.807, 2.05) is 0 Å². The average Bonchev–Trinajstić information content (AvgIpc) is 2.39. The highest BCUT2D eigenvalue weighted by molar-refractivity contribution is 5.78. The Labute approximate surface area is 84.8 Å². The summed E-state index contributed by atoms with van der Waals surface area (Å²) in [6.07, 6.45) is 5.88. The van der Waals surface area contributed by atoms with Crippen LogP contribution in [0.1, 0.15) is 44.9 Å². The van der Waals surface area contributed by atoms with Gasteiger partial charge in [0.2, 0.25) is 0 Å². The number of carbonyl (C=O) groups is 2. The van der Waals surface area contributed by atoms with Gasteiger partial charge in [0.1, 0.15) is 5.78 Å². The Bertz CT molecular complexity index is 211. The Morgan fingerprint density at radius 1 is 1.50 bits per heavy atom. The summed E-state index contributed by atoms with van der Waals surface area (Å²) < 4.78 is 4.58. The third-order valence-electron chi connectivity index (χ3n) is 2.82. The van der Waals surface area contributed by atoms with Crippen LogP contribution in [0.15, 0.2) is 0 Å². The van der Waals surface area contributed by atoms with E-state index in [4.69, 9.17) is 0 Å². The lowest BCUT2D eigenvalue weighted by Crippen LogP contribution is -2.08. The third-order valence-corrected chi connectivity index (χ3v) is 2.82. The second-order valence-corrected chi connectivity index (χ2v) is 3.97. The topological polar surface area (TPSA) is 43.4 Å². The van der Waals surface area contributed by atoms with Crippen LogP contribution in [0.3, 0.4) is 0 Å². The zero-order valence-electron chi connectivity index (χ0n) is 8.75. The summed E-state index contributed by atoms with van der Waals surface area (Å²) in [7, 11) is 1.40. The summed E-state index contributed by atoms with van der Waals surface area (Å²) in [5.74, 6) is 0.600. The van der Waals surface area contributed by atoms with Gasteiger partial charge in [0, 0.05) is 19.3 Å². The average molecular weight is 198 g/mol. The quantitative estimate of drug-likeness (QED) is 0.515. The molecule has 0 radical (unpaired) electrons. The van der Waals surface area contributed by atoms with Crippen LogP contribution in [-0.4, -0.2) is 18.9 Å². The molecule has 80 valence electrons. The van der Waals surface area contributed by atoms with Crippen molar-refractivity contribution in [2.24, 2.45) is 5.92 Å². The summed E-state index contributed by atoms with van der Waals surface area (Å²) in [5.41, 5.74) is 0. The van der Waals surface area contributed by atoms with Crippen LogP contribution in [-0.2, 0) is 14.3 Å². The normalized spacial score (nSPS) is 22.9. The van der Waals surface area contributed by atoms with Gasteiger partial charge in [0.25, 0.3) is 0 Å². The minimum atomic E-state index is -0.165. The molecule has 0 aliphatic heterocycles. The van der Waals surface area contributed by atoms with Crippen molar-refractivity contribution in [2.75, 3.05) is 7.11 Å².